The van der Waals surface area contributed by atoms with Crippen LogP contribution in [0.3, 0.4) is 0 Å². The topological polar surface area (TPSA) is 122 Å². The number of nitrogens with one attached hydrogen (secondary N) is 3. The SMILES string of the molecule is CCOC(=O)Nc1nc2cc(-c3cc(Cc4n[nH]c(=O)c5c4=CCCC=5)ccc3OC)ccc2[nH]1. The van der Waals surface area contributed by atoms with E-state index in [1.54, 1.807) is 14.0 Å². The van der Waals surface area contributed by atoms with Crippen LogP contribution in [-0.2, 0) is 11.2 Å². The van der Waals surface area contributed by atoms with Gasteiger partial charge in [-0.2, -0.15) is 5.10 Å². The Morgan fingerprint density at radius 1 is 1.11 bits per heavy atom. The summed E-state index contributed by atoms with van der Waals surface area (Å²) in [6.07, 6.45) is 5.83. The second-order valence-corrected chi connectivity index (χ2v) is 8.19. The highest BCUT2D eigenvalue weighted by Gasteiger charge is 2.13. The molecule has 2 aromatic carbocycles. The highest BCUT2D eigenvalue weighted by Crippen LogP contribution is 2.33. The maximum absolute atomic E-state index is 12.2. The van der Waals surface area contributed by atoms with Gasteiger partial charge in [0, 0.05) is 22.4 Å². The lowest BCUT2D eigenvalue weighted by atomic mass is 9.98. The number of carbonyl (C=O) groups excluding carboxylic acids is 1. The van der Waals surface area contributed by atoms with Crippen molar-refractivity contribution in [3.63, 3.8) is 0 Å². The lowest BCUT2D eigenvalue weighted by Crippen LogP contribution is -2.45. The molecule has 0 saturated carbocycles. The van der Waals surface area contributed by atoms with Crippen LogP contribution in [0.1, 0.15) is 31.0 Å². The summed E-state index contributed by atoms with van der Waals surface area (Å²) in [5.74, 6) is 1.04. The summed E-state index contributed by atoms with van der Waals surface area (Å²) in [5.41, 5.74) is 5.02. The number of H-pyrrole nitrogens is 2. The summed E-state index contributed by atoms with van der Waals surface area (Å²) in [5, 5.41) is 11.2. The van der Waals surface area contributed by atoms with Crippen molar-refractivity contribution in [2.45, 2.75) is 26.2 Å². The molecule has 0 atom stereocenters. The molecule has 9 heteroatoms. The zero-order valence-electron chi connectivity index (χ0n) is 19.5. The summed E-state index contributed by atoms with van der Waals surface area (Å²) in [6.45, 7) is 2.02. The van der Waals surface area contributed by atoms with E-state index < -0.39 is 6.09 Å². The number of methoxy groups -OCH3 is 1. The normalized spacial score (nSPS) is 12.4. The number of imidazole rings is 1. The van der Waals surface area contributed by atoms with Gasteiger partial charge in [0.1, 0.15) is 5.75 Å². The van der Waals surface area contributed by atoms with E-state index in [-0.39, 0.29) is 12.2 Å². The molecule has 1 aliphatic carbocycles. The van der Waals surface area contributed by atoms with Crippen molar-refractivity contribution in [2.75, 3.05) is 19.0 Å². The third-order valence-corrected chi connectivity index (χ3v) is 5.93. The highest BCUT2D eigenvalue weighted by molar-refractivity contribution is 5.88. The fourth-order valence-corrected chi connectivity index (χ4v) is 4.32. The maximum Gasteiger partial charge on any atom is 0.413 e. The minimum absolute atomic E-state index is 0.153. The van der Waals surface area contributed by atoms with Gasteiger partial charge < -0.3 is 14.5 Å². The van der Waals surface area contributed by atoms with Gasteiger partial charge in [0.2, 0.25) is 5.95 Å². The first kappa shape index (κ1) is 22.4. The van der Waals surface area contributed by atoms with Gasteiger partial charge in [-0.05, 0) is 55.2 Å². The van der Waals surface area contributed by atoms with Gasteiger partial charge in [-0.15, -0.1) is 0 Å². The average Bonchev–Trinajstić information content (AvgIpc) is 3.27. The van der Waals surface area contributed by atoms with E-state index in [0.29, 0.717) is 23.1 Å². The Balaban J connectivity index is 1.50. The number of nitrogens with zero attached hydrogens (tertiary/aromatic N) is 2. The number of aromatic nitrogens is 4. The molecule has 178 valence electrons. The zero-order valence-corrected chi connectivity index (χ0v) is 19.5. The summed E-state index contributed by atoms with van der Waals surface area (Å²) >= 11 is 0. The van der Waals surface area contributed by atoms with Crippen LogP contribution in [0.5, 0.6) is 5.75 Å². The molecule has 0 bridgehead atoms. The van der Waals surface area contributed by atoms with Gasteiger partial charge in [-0.3, -0.25) is 10.1 Å². The molecule has 4 aromatic rings. The van der Waals surface area contributed by atoms with E-state index in [1.165, 1.54) is 0 Å². The van der Waals surface area contributed by atoms with E-state index in [0.717, 1.165) is 51.7 Å². The quantitative estimate of drug-likeness (QED) is 0.398. The number of fused-ring (bicyclic) bond motifs is 2. The van der Waals surface area contributed by atoms with Gasteiger partial charge in [0.15, 0.2) is 0 Å². The Morgan fingerprint density at radius 3 is 2.74 bits per heavy atom. The Kier molecular flexibility index (Phi) is 6.05. The number of benzene rings is 2. The Hall–Kier alpha value is -4.40. The fourth-order valence-electron chi connectivity index (χ4n) is 4.32. The molecule has 0 radical (unpaired) electrons. The van der Waals surface area contributed by atoms with E-state index in [4.69, 9.17) is 9.47 Å². The van der Waals surface area contributed by atoms with E-state index in [9.17, 15) is 9.59 Å². The van der Waals surface area contributed by atoms with Crippen molar-refractivity contribution in [1.29, 1.82) is 0 Å². The molecule has 1 aliphatic rings. The summed E-state index contributed by atoms with van der Waals surface area (Å²) in [6, 6.07) is 11.8. The van der Waals surface area contributed by atoms with Crippen LogP contribution < -0.4 is 26.1 Å². The predicted molar refractivity (Wildman–Crippen MR) is 134 cm³/mol. The number of hydrogen-bond donors (Lipinski definition) is 3. The number of hydrogen-bond acceptors (Lipinski definition) is 6. The zero-order chi connectivity index (χ0) is 24.4. The molecule has 0 aliphatic heterocycles. The van der Waals surface area contributed by atoms with Crippen molar-refractivity contribution < 1.29 is 14.3 Å². The molecular formula is C26H25N5O4. The van der Waals surface area contributed by atoms with E-state index in [2.05, 4.69) is 37.6 Å². The minimum Gasteiger partial charge on any atom is -0.496 e. The maximum atomic E-state index is 12.2. The van der Waals surface area contributed by atoms with Crippen LogP contribution in [-0.4, -0.2) is 40.0 Å². The number of ether oxygens (including phenoxy) is 2. The summed E-state index contributed by atoms with van der Waals surface area (Å²) in [7, 11) is 1.64. The van der Waals surface area contributed by atoms with Crippen LogP contribution in [0.2, 0.25) is 0 Å². The van der Waals surface area contributed by atoms with Crippen molar-refractivity contribution in [1.82, 2.24) is 20.2 Å². The first-order chi connectivity index (χ1) is 17.1. The first-order valence-electron chi connectivity index (χ1n) is 11.4. The van der Waals surface area contributed by atoms with Gasteiger partial charge in [-0.25, -0.2) is 14.9 Å². The molecule has 9 nitrogen and oxygen atoms in total. The number of carbonyl (C=O) groups is 1. The molecule has 0 unspecified atom stereocenters. The smallest absolute Gasteiger partial charge is 0.413 e. The van der Waals surface area contributed by atoms with Crippen LogP contribution in [0, 0.1) is 0 Å². The van der Waals surface area contributed by atoms with Crippen LogP contribution in [0.4, 0.5) is 10.7 Å². The van der Waals surface area contributed by atoms with E-state index in [1.807, 2.05) is 36.4 Å². The third kappa shape index (κ3) is 4.52. The molecule has 35 heavy (non-hydrogen) atoms. The fraction of sp³-hybridized carbons (Fsp3) is 0.231. The molecular weight excluding hydrogens is 446 g/mol. The lowest BCUT2D eigenvalue weighted by Gasteiger charge is -2.12. The number of rotatable bonds is 6. The second-order valence-electron chi connectivity index (χ2n) is 8.19. The van der Waals surface area contributed by atoms with Gasteiger partial charge >= 0.3 is 6.09 Å². The predicted octanol–water partition coefficient (Wildman–Crippen LogP) is 2.84. The molecule has 0 spiro atoms. The van der Waals surface area contributed by atoms with Crippen molar-refractivity contribution in [3.05, 3.63) is 68.4 Å². The standard InChI is InChI=1S/C26H25N5O4/c1-3-35-26(33)29-25-27-20-10-9-16(14-22(20)28-25)19-12-15(8-11-23(19)34-2)13-21-17-6-4-5-7-18(17)24(32)31-30-21/h6-12,14H,3-5,13H2,1-2H3,(H,31,32)(H2,27,28,29,33). The summed E-state index contributed by atoms with van der Waals surface area (Å²) in [4.78, 5) is 31.4. The molecule has 0 fully saturated rings. The van der Waals surface area contributed by atoms with Crippen LogP contribution in [0.25, 0.3) is 34.3 Å². The summed E-state index contributed by atoms with van der Waals surface area (Å²) < 4.78 is 10.5. The average molecular weight is 472 g/mol. The van der Waals surface area contributed by atoms with Crippen LogP contribution >= 0.6 is 0 Å². The van der Waals surface area contributed by atoms with E-state index >= 15 is 0 Å². The Labute approximate surface area is 200 Å². The second kappa shape index (κ2) is 9.46. The number of amides is 1. The minimum atomic E-state index is -0.561. The molecule has 5 rings (SSSR count). The Morgan fingerprint density at radius 2 is 1.94 bits per heavy atom. The number of aromatic amines is 2. The van der Waals surface area contributed by atoms with Crippen molar-refractivity contribution >= 4 is 35.2 Å². The third-order valence-electron chi connectivity index (χ3n) is 5.93. The van der Waals surface area contributed by atoms with Gasteiger partial charge in [0.25, 0.3) is 5.56 Å². The van der Waals surface area contributed by atoms with Crippen LogP contribution in [0.15, 0.2) is 41.2 Å². The largest absolute Gasteiger partial charge is 0.496 e. The molecule has 2 aromatic heterocycles. The number of anilines is 1. The van der Waals surface area contributed by atoms with Gasteiger partial charge in [-0.1, -0.05) is 24.3 Å². The Bertz CT molecular complexity index is 1600. The molecule has 0 saturated heterocycles. The molecule has 2 heterocycles. The van der Waals surface area contributed by atoms with Crippen molar-refractivity contribution in [3.8, 4) is 16.9 Å². The van der Waals surface area contributed by atoms with Gasteiger partial charge in [0.05, 0.1) is 30.4 Å². The lowest BCUT2D eigenvalue weighted by molar-refractivity contribution is 0.167. The first-order valence-corrected chi connectivity index (χ1v) is 11.4. The monoisotopic (exact) mass is 471 g/mol. The molecule has 1 amide bonds. The highest BCUT2D eigenvalue weighted by atomic mass is 16.5. The molecule has 3 N–H and O–H groups in total. The van der Waals surface area contributed by atoms with Crippen molar-refractivity contribution in [2.24, 2.45) is 0 Å².